The first kappa shape index (κ1) is 14.7. The number of nitrogens with one attached hydrogen (secondary N) is 1. The second-order valence-corrected chi connectivity index (χ2v) is 4.95. The van der Waals surface area contributed by atoms with Gasteiger partial charge in [-0.1, -0.05) is 19.1 Å². The number of benzene rings is 2. The van der Waals surface area contributed by atoms with E-state index in [2.05, 4.69) is 12.2 Å². The van der Waals surface area contributed by atoms with E-state index in [0.717, 1.165) is 42.3 Å². The van der Waals surface area contributed by atoms with Crippen LogP contribution in [-0.4, -0.2) is 6.54 Å². The largest absolute Gasteiger partial charge is 0.313 e. The van der Waals surface area contributed by atoms with Gasteiger partial charge in [0.1, 0.15) is 11.6 Å². The van der Waals surface area contributed by atoms with E-state index in [1.807, 2.05) is 25.1 Å². The Morgan fingerprint density at radius 1 is 1.00 bits per heavy atom. The van der Waals surface area contributed by atoms with Crippen molar-refractivity contribution >= 4 is 0 Å². The Balaban J connectivity index is 2.35. The molecule has 0 aromatic heterocycles. The Morgan fingerprint density at radius 3 is 2.55 bits per heavy atom. The van der Waals surface area contributed by atoms with Gasteiger partial charge < -0.3 is 5.32 Å². The molecule has 0 spiro atoms. The van der Waals surface area contributed by atoms with Crippen LogP contribution in [0.5, 0.6) is 0 Å². The van der Waals surface area contributed by atoms with Gasteiger partial charge in [0.15, 0.2) is 0 Å². The SMILES string of the molecule is CCCNCc1ccc(C)c(-c2cc(F)ccc2F)c1. The summed E-state index contributed by atoms with van der Waals surface area (Å²) in [4.78, 5) is 0. The summed E-state index contributed by atoms with van der Waals surface area (Å²) < 4.78 is 27.2. The van der Waals surface area contributed by atoms with Gasteiger partial charge in [0.2, 0.25) is 0 Å². The average Bonchev–Trinajstić information content (AvgIpc) is 2.44. The fraction of sp³-hybridized carbons (Fsp3) is 0.294. The first-order chi connectivity index (χ1) is 9.61. The molecule has 0 atom stereocenters. The summed E-state index contributed by atoms with van der Waals surface area (Å²) in [6.45, 7) is 5.69. The Bertz CT molecular complexity index is 594. The summed E-state index contributed by atoms with van der Waals surface area (Å²) >= 11 is 0. The molecule has 0 aliphatic heterocycles. The lowest BCUT2D eigenvalue weighted by molar-refractivity contribution is 0.603. The molecule has 2 aromatic rings. The molecule has 0 unspecified atom stereocenters. The highest BCUT2D eigenvalue weighted by Gasteiger charge is 2.10. The number of hydrogen-bond donors (Lipinski definition) is 1. The molecule has 1 N–H and O–H groups in total. The van der Waals surface area contributed by atoms with Gasteiger partial charge in [-0.25, -0.2) is 8.78 Å². The molecular formula is C17H19F2N. The van der Waals surface area contributed by atoms with Crippen molar-refractivity contribution < 1.29 is 8.78 Å². The lowest BCUT2D eigenvalue weighted by atomic mass is 9.97. The minimum Gasteiger partial charge on any atom is -0.313 e. The lowest BCUT2D eigenvalue weighted by Crippen LogP contribution is -2.13. The standard InChI is InChI=1S/C17H19F2N/c1-3-8-20-11-13-5-4-12(2)15(9-13)16-10-14(18)6-7-17(16)19/h4-7,9-10,20H,3,8,11H2,1-2H3. The summed E-state index contributed by atoms with van der Waals surface area (Å²) in [5.41, 5.74) is 3.08. The molecule has 1 nitrogen and oxygen atoms in total. The van der Waals surface area contributed by atoms with Gasteiger partial charge in [-0.05, 0) is 60.8 Å². The molecular weight excluding hydrogens is 256 g/mol. The minimum atomic E-state index is -0.421. The van der Waals surface area contributed by atoms with E-state index in [9.17, 15) is 8.78 Å². The molecule has 0 aliphatic rings. The second-order valence-electron chi connectivity index (χ2n) is 4.95. The fourth-order valence-electron chi connectivity index (χ4n) is 2.18. The van der Waals surface area contributed by atoms with Gasteiger partial charge in [0.25, 0.3) is 0 Å². The number of halogens is 2. The van der Waals surface area contributed by atoms with Gasteiger partial charge in [-0.3, -0.25) is 0 Å². The van der Waals surface area contributed by atoms with Gasteiger partial charge in [-0.15, -0.1) is 0 Å². The topological polar surface area (TPSA) is 12.0 Å². The monoisotopic (exact) mass is 275 g/mol. The maximum Gasteiger partial charge on any atom is 0.131 e. The molecule has 3 heteroatoms. The van der Waals surface area contributed by atoms with Crippen LogP contribution >= 0.6 is 0 Å². The molecule has 20 heavy (non-hydrogen) atoms. The first-order valence-electron chi connectivity index (χ1n) is 6.87. The minimum absolute atomic E-state index is 0.319. The smallest absolute Gasteiger partial charge is 0.131 e. The normalized spacial score (nSPS) is 10.8. The summed E-state index contributed by atoms with van der Waals surface area (Å²) in [6.07, 6.45) is 1.07. The van der Waals surface area contributed by atoms with Crippen molar-refractivity contribution in [3.05, 3.63) is 59.2 Å². The zero-order valence-electron chi connectivity index (χ0n) is 11.8. The summed E-state index contributed by atoms with van der Waals surface area (Å²) in [7, 11) is 0. The van der Waals surface area contributed by atoms with Crippen LogP contribution in [0, 0.1) is 18.6 Å². The Hall–Kier alpha value is -1.74. The zero-order valence-corrected chi connectivity index (χ0v) is 11.8. The third-order valence-electron chi connectivity index (χ3n) is 3.28. The molecule has 0 amide bonds. The average molecular weight is 275 g/mol. The highest BCUT2D eigenvalue weighted by Crippen LogP contribution is 2.27. The van der Waals surface area contributed by atoms with E-state index in [4.69, 9.17) is 0 Å². The van der Waals surface area contributed by atoms with Crippen LogP contribution in [0.1, 0.15) is 24.5 Å². The highest BCUT2D eigenvalue weighted by atomic mass is 19.1. The quantitative estimate of drug-likeness (QED) is 0.795. The van der Waals surface area contributed by atoms with Crippen LogP contribution in [0.2, 0.25) is 0 Å². The van der Waals surface area contributed by atoms with E-state index in [0.29, 0.717) is 5.56 Å². The third-order valence-corrected chi connectivity index (χ3v) is 3.28. The lowest BCUT2D eigenvalue weighted by Gasteiger charge is -2.11. The summed E-state index contributed by atoms with van der Waals surface area (Å²) in [5.74, 6) is -0.816. The van der Waals surface area contributed by atoms with Gasteiger partial charge in [0.05, 0.1) is 0 Å². The van der Waals surface area contributed by atoms with Crippen molar-refractivity contribution in [2.45, 2.75) is 26.8 Å². The van der Waals surface area contributed by atoms with Crippen LogP contribution in [0.3, 0.4) is 0 Å². The zero-order chi connectivity index (χ0) is 14.5. The highest BCUT2D eigenvalue weighted by molar-refractivity contribution is 5.68. The van der Waals surface area contributed by atoms with Crippen molar-refractivity contribution in [3.8, 4) is 11.1 Å². The molecule has 0 bridgehead atoms. The maximum atomic E-state index is 13.9. The molecule has 2 rings (SSSR count). The molecule has 0 radical (unpaired) electrons. The molecule has 0 fully saturated rings. The number of aryl methyl sites for hydroxylation is 1. The van der Waals surface area contributed by atoms with Gasteiger partial charge in [0, 0.05) is 12.1 Å². The molecule has 0 heterocycles. The predicted molar refractivity (Wildman–Crippen MR) is 78.5 cm³/mol. The van der Waals surface area contributed by atoms with Crippen molar-refractivity contribution in [3.63, 3.8) is 0 Å². The molecule has 0 saturated heterocycles. The first-order valence-corrected chi connectivity index (χ1v) is 6.87. The van der Waals surface area contributed by atoms with Crippen molar-refractivity contribution in [1.29, 1.82) is 0 Å². The molecule has 0 aliphatic carbocycles. The van der Waals surface area contributed by atoms with E-state index in [1.165, 1.54) is 12.1 Å². The Morgan fingerprint density at radius 2 is 1.80 bits per heavy atom. The van der Waals surface area contributed by atoms with Gasteiger partial charge in [-0.2, -0.15) is 0 Å². The molecule has 2 aromatic carbocycles. The summed E-state index contributed by atoms with van der Waals surface area (Å²) in [6, 6.07) is 9.45. The van der Waals surface area contributed by atoms with E-state index < -0.39 is 11.6 Å². The van der Waals surface area contributed by atoms with Crippen LogP contribution in [0.25, 0.3) is 11.1 Å². The predicted octanol–water partition coefficient (Wildman–Crippen LogP) is 4.44. The van der Waals surface area contributed by atoms with Crippen LogP contribution < -0.4 is 5.32 Å². The second kappa shape index (κ2) is 6.62. The summed E-state index contributed by atoms with van der Waals surface area (Å²) in [5, 5.41) is 3.31. The van der Waals surface area contributed by atoms with Crippen LogP contribution in [0.15, 0.2) is 36.4 Å². The molecule has 106 valence electrons. The number of hydrogen-bond acceptors (Lipinski definition) is 1. The van der Waals surface area contributed by atoms with E-state index in [1.54, 1.807) is 0 Å². The van der Waals surface area contributed by atoms with Crippen LogP contribution in [0.4, 0.5) is 8.78 Å². The van der Waals surface area contributed by atoms with Crippen LogP contribution in [-0.2, 0) is 6.54 Å². The van der Waals surface area contributed by atoms with Crippen molar-refractivity contribution in [2.24, 2.45) is 0 Å². The number of rotatable bonds is 5. The third kappa shape index (κ3) is 3.42. The maximum absolute atomic E-state index is 13.9. The van der Waals surface area contributed by atoms with Crippen molar-refractivity contribution in [2.75, 3.05) is 6.54 Å². The van der Waals surface area contributed by atoms with E-state index in [-0.39, 0.29) is 0 Å². The fourth-order valence-corrected chi connectivity index (χ4v) is 2.18. The van der Waals surface area contributed by atoms with E-state index >= 15 is 0 Å². The van der Waals surface area contributed by atoms with Crippen molar-refractivity contribution in [1.82, 2.24) is 5.32 Å². The molecule has 0 saturated carbocycles. The Labute approximate surface area is 118 Å². The Kier molecular flexibility index (Phi) is 4.85. The van der Waals surface area contributed by atoms with Gasteiger partial charge >= 0.3 is 0 Å².